The largest absolute Gasteiger partial charge is 0.489 e. The smallest absolute Gasteiger partial charge is 0.138 e. The van der Waals surface area contributed by atoms with E-state index in [0.29, 0.717) is 17.7 Å². The highest BCUT2D eigenvalue weighted by Crippen LogP contribution is 2.32. The Bertz CT molecular complexity index is 476. The van der Waals surface area contributed by atoms with E-state index in [4.69, 9.17) is 21.1 Å². The van der Waals surface area contributed by atoms with Crippen molar-refractivity contribution in [2.45, 2.75) is 58.3 Å². The van der Waals surface area contributed by atoms with Gasteiger partial charge in [-0.1, -0.05) is 24.6 Å². The van der Waals surface area contributed by atoms with Crippen molar-refractivity contribution in [1.82, 2.24) is 5.32 Å². The molecule has 0 aliphatic carbocycles. The zero-order chi connectivity index (χ0) is 15.5. The molecule has 1 N–H and O–H groups in total. The Morgan fingerprint density at radius 1 is 1.48 bits per heavy atom. The van der Waals surface area contributed by atoms with Crippen LogP contribution in [0.4, 0.5) is 0 Å². The third-order valence-electron chi connectivity index (χ3n) is 3.95. The summed E-state index contributed by atoms with van der Waals surface area (Å²) in [6.07, 6.45) is 2.28. The number of hydrogen-bond acceptors (Lipinski definition) is 3. The third kappa shape index (κ3) is 4.60. The lowest BCUT2D eigenvalue weighted by Gasteiger charge is -2.20. The second kappa shape index (κ2) is 6.99. The van der Waals surface area contributed by atoms with Gasteiger partial charge in [0.15, 0.2) is 0 Å². The van der Waals surface area contributed by atoms with E-state index in [-0.39, 0.29) is 11.7 Å². The minimum atomic E-state index is -0.0249. The van der Waals surface area contributed by atoms with Crippen LogP contribution in [0.2, 0.25) is 5.02 Å². The van der Waals surface area contributed by atoms with Gasteiger partial charge in [0.2, 0.25) is 0 Å². The van der Waals surface area contributed by atoms with E-state index in [0.717, 1.165) is 25.1 Å². The standard InChI is InChI=1S/C17H26ClNO2/c1-5-19-12(2)13-6-7-16(15(18)10-13)20-11-14-8-9-17(3,4)21-14/h6-7,10,12,14,19H,5,8-9,11H2,1-4H3. The Hall–Kier alpha value is -0.770. The molecule has 21 heavy (non-hydrogen) atoms. The van der Waals surface area contributed by atoms with E-state index in [1.54, 1.807) is 0 Å². The molecular formula is C17H26ClNO2. The molecule has 1 aromatic rings. The van der Waals surface area contributed by atoms with Crippen LogP contribution in [0.5, 0.6) is 5.75 Å². The van der Waals surface area contributed by atoms with Gasteiger partial charge in [0, 0.05) is 6.04 Å². The lowest BCUT2D eigenvalue weighted by Crippen LogP contribution is -2.24. The van der Waals surface area contributed by atoms with Gasteiger partial charge in [-0.05, 0) is 57.9 Å². The maximum atomic E-state index is 6.32. The van der Waals surface area contributed by atoms with Gasteiger partial charge in [-0.15, -0.1) is 0 Å². The first-order valence-electron chi connectivity index (χ1n) is 7.75. The van der Waals surface area contributed by atoms with Crippen LogP contribution in [0.3, 0.4) is 0 Å². The lowest BCUT2D eigenvalue weighted by molar-refractivity contribution is -0.0326. The molecule has 0 spiro atoms. The quantitative estimate of drug-likeness (QED) is 0.847. The highest BCUT2D eigenvalue weighted by atomic mass is 35.5. The summed E-state index contributed by atoms with van der Waals surface area (Å²) in [5.41, 5.74) is 1.15. The molecule has 2 rings (SSSR count). The molecule has 0 saturated carbocycles. The van der Waals surface area contributed by atoms with E-state index in [1.165, 1.54) is 5.56 Å². The van der Waals surface area contributed by atoms with Crippen molar-refractivity contribution >= 4 is 11.6 Å². The number of benzene rings is 1. The predicted octanol–water partition coefficient (Wildman–Crippen LogP) is 4.35. The fourth-order valence-corrected chi connectivity index (χ4v) is 2.95. The highest BCUT2D eigenvalue weighted by molar-refractivity contribution is 6.32. The summed E-state index contributed by atoms with van der Waals surface area (Å²) < 4.78 is 11.8. The Morgan fingerprint density at radius 2 is 2.24 bits per heavy atom. The predicted molar refractivity (Wildman–Crippen MR) is 87.2 cm³/mol. The van der Waals surface area contributed by atoms with Gasteiger partial charge in [0.05, 0.1) is 16.7 Å². The molecule has 1 heterocycles. The molecule has 1 aliphatic heterocycles. The zero-order valence-electron chi connectivity index (χ0n) is 13.4. The van der Waals surface area contributed by atoms with Crippen LogP contribution in [0, 0.1) is 0 Å². The second-order valence-electron chi connectivity index (χ2n) is 6.32. The molecular weight excluding hydrogens is 286 g/mol. The number of rotatable bonds is 6. The average molecular weight is 312 g/mol. The average Bonchev–Trinajstić information content (AvgIpc) is 2.77. The molecule has 1 saturated heterocycles. The SMILES string of the molecule is CCNC(C)c1ccc(OCC2CCC(C)(C)O2)c(Cl)c1. The van der Waals surface area contributed by atoms with Gasteiger partial charge in [-0.2, -0.15) is 0 Å². The Labute approximate surface area is 133 Å². The zero-order valence-corrected chi connectivity index (χ0v) is 14.2. The molecule has 1 aromatic carbocycles. The maximum absolute atomic E-state index is 6.32. The number of nitrogens with one attached hydrogen (secondary N) is 1. The van der Waals surface area contributed by atoms with Gasteiger partial charge in [-0.25, -0.2) is 0 Å². The first-order chi connectivity index (χ1) is 9.91. The van der Waals surface area contributed by atoms with E-state index in [1.807, 2.05) is 12.1 Å². The summed E-state index contributed by atoms with van der Waals surface area (Å²) in [6.45, 7) is 9.97. The van der Waals surface area contributed by atoms with Gasteiger partial charge >= 0.3 is 0 Å². The molecule has 3 nitrogen and oxygen atoms in total. The van der Waals surface area contributed by atoms with Gasteiger partial charge in [0.1, 0.15) is 12.4 Å². The molecule has 0 aromatic heterocycles. The molecule has 0 radical (unpaired) electrons. The molecule has 2 unspecified atom stereocenters. The van der Waals surface area contributed by atoms with Crippen LogP contribution < -0.4 is 10.1 Å². The number of hydrogen-bond donors (Lipinski definition) is 1. The van der Waals surface area contributed by atoms with E-state index >= 15 is 0 Å². The summed E-state index contributed by atoms with van der Waals surface area (Å²) in [4.78, 5) is 0. The summed E-state index contributed by atoms with van der Waals surface area (Å²) in [5, 5.41) is 4.04. The molecule has 0 amide bonds. The van der Waals surface area contributed by atoms with Crippen molar-refractivity contribution in [2.24, 2.45) is 0 Å². The number of halogens is 1. The summed E-state index contributed by atoms with van der Waals surface area (Å²) in [5.74, 6) is 0.734. The van der Waals surface area contributed by atoms with E-state index < -0.39 is 0 Å². The van der Waals surface area contributed by atoms with Crippen molar-refractivity contribution in [3.8, 4) is 5.75 Å². The second-order valence-corrected chi connectivity index (χ2v) is 6.73. The fraction of sp³-hybridized carbons (Fsp3) is 0.647. The Balaban J connectivity index is 1.92. The van der Waals surface area contributed by atoms with Crippen LogP contribution >= 0.6 is 11.6 Å². The lowest BCUT2D eigenvalue weighted by atomic mass is 10.1. The van der Waals surface area contributed by atoms with Crippen LogP contribution in [-0.4, -0.2) is 24.9 Å². The topological polar surface area (TPSA) is 30.5 Å². The summed E-state index contributed by atoms with van der Waals surface area (Å²) in [6, 6.07) is 6.28. The fourth-order valence-electron chi connectivity index (χ4n) is 2.71. The van der Waals surface area contributed by atoms with Crippen LogP contribution in [0.15, 0.2) is 18.2 Å². The van der Waals surface area contributed by atoms with Gasteiger partial charge < -0.3 is 14.8 Å². The molecule has 0 bridgehead atoms. The van der Waals surface area contributed by atoms with Gasteiger partial charge in [0.25, 0.3) is 0 Å². The monoisotopic (exact) mass is 311 g/mol. The highest BCUT2D eigenvalue weighted by Gasteiger charge is 2.32. The van der Waals surface area contributed by atoms with Crippen LogP contribution in [0.25, 0.3) is 0 Å². The first-order valence-corrected chi connectivity index (χ1v) is 8.12. The maximum Gasteiger partial charge on any atom is 0.138 e. The Morgan fingerprint density at radius 3 is 2.81 bits per heavy atom. The van der Waals surface area contributed by atoms with Crippen molar-refractivity contribution < 1.29 is 9.47 Å². The number of ether oxygens (including phenoxy) is 2. The third-order valence-corrected chi connectivity index (χ3v) is 4.24. The normalized spacial score (nSPS) is 22.2. The van der Waals surface area contributed by atoms with E-state index in [9.17, 15) is 0 Å². The van der Waals surface area contributed by atoms with Crippen molar-refractivity contribution in [1.29, 1.82) is 0 Å². The molecule has 1 aliphatic rings. The van der Waals surface area contributed by atoms with Crippen molar-refractivity contribution in [3.05, 3.63) is 28.8 Å². The van der Waals surface area contributed by atoms with E-state index in [2.05, 4.69) is 39.1 Å². The van der Waals surface area contributed by atoms with Crippen molar-refractivity contribution in [2.75, 3.05) is 13.2 Å². The first kappa shape index (κ1) is 16.6. The molecule has 118 valence electrons. The van der Waals surface area contributed by atoms with Crippen LogP contribution in [-0.2, 0) is 4.74 Å². The van der Waals surface area contributed by atoms with Crippen molar-refractivity contribution in [3.63, 3.8) is 0 Å². The molecule has 4 heteroatoms. The Kier molecular flexibility index (Phi) is 5.53. The molecule has 1 fully saturated rings. The summed E-state index contributed by atoms with van der Waals surface area (Å²) >= 11 is 6.32. The summed E-state index contributed by atoms with van der Waals surface area (Å²) in [7, 11) is 0. The minimum Gasteiger partial charge on any atom is -0.489 e. The minimum absolute atomic E-state index is 0.0249. The van der Waals surface area contributed by atoms with Crippen LogP contribution in [0.1, 0.15) is 52.1 Å². The molecule has 2 atom stereocenters. The van der Waals surface area contributed by atoms with Gasteiger partial charge in [-0.3, -0.25) is 0 Å².